The summed E-state index contributed by atoms with van der Waals surface area (Å²) in [6.45, 7) is 3.10. The molecule has 0 spiro atoms. The molecule has 4 aromatic rings. The summed E-state index contributed by atoms with van der Waals surface area (Å²) in [5, 5.41) is 4.23. The first-order chi connectivity index (χ1) is 15.6. The topological polar surface area (TPSA) is 103 Å². The quantitative estimate of drug-likeness (QED) is 0.481. The highest BCUT2D eigenvalue weighted by molar-refractivity contribution is 6.07. The van der Waals surface area contributed by atoms with E-state index in [1.54, 1.807) is 12.1 Å². The molecule has 3 N–H and O–H groups in total. The molecule has 0 aliphatic carbocycles. The molecule has 0 radical (unpaired) electrons. The van der Waals surface area contributed by atoms with E-state index < -0.39 is 5.91 Å². The Labute approximate surface area is 185 Å². The molecule has 0 fully saturated rings. The van der Waals surface area contributed by atoms with Crippen molar-refractivity contribution >= 4 is 22.7 Å². The van der Waals surface area contributed by atoms with Crippen LogP contribution in [-0.4, -0.2) is 22.5 Å². The van der Waals surface area contributed by atoms with Gasteiger partial charge in [0.15, 0.2) is 5.82 Å². The minimum atomic E-state index is -0.535. The van der Waals surface area contributed by atoms with Gasteiger partial charge in [0.1, 0.15) is 17.2 Å². The second-order valence-electron chi connectivity index (χ2n) is 7.90. The van der Waals surface area contributed by atoms with Crippen molar-refractivity contribution in [2.45, 2.75) is 32.7 Å². The van der Waals surface area contributed by atoms with Crippen LogP contribution in [0.3, 0.4) is 0 Å². The number of carbonyl (C=O) groups excluding carboxylic acids is 1. The Morgan fingerprint density at radius 3 is 2.75 bits per heavy atom. The van der Waals surface area contributed by atoms with E-state index in [-0.39, 0.29) is 0 Å². The van der Waals surface area contributed by atoms with Gasteiger partial charge in [0.05, 0.1) is 23.3 Å². The summed E-state index contributed by atoms with van der Waals surface area (Å²) in [7, 11) is 0. The van der Waals surface area contributed by atoms with Crippen molar-refractivity contribution in [2.75, 3.05) is 11.9 Å². The molecule has 0 saturated carbocycles. The number of hydrogen-bond donors (Lipinski definition) is 2. The van der Waals surface area contributed by atoms with E-state index in [0.717, 1.165) is 47.2 Å². The van der Waals surface area contributed by atoms with E-state index in [0.29, 0.717) is 41.8 Å². The van der Waals surface area contributed by atoms with Crippen molar-refractivity contribution in [3.8, 4) is 17.3 Å². The van der Waals surface area contributed by atoms with Crippen molar-refractivity contribution in [3.63, 3.8) is 0 Å². The summed E-state index contributed by atoms with van der Waals surface area (Å²) >= 11 is 0. The molecular formula is C25H24N4O3. The van der Waals surface area contributed by atoms with Crippen LogP contribution in [-0.2, 0) is 13.0 Å². The number of primary amides is 1. The summed E-state index contributed by atoms with van der Waals surface area (Å²) in [4.78, 5) is 21.5. The maximum atomic E-state index is 11.9. The van der Waals surface area contributed by atoms with E-state index in [2.05, 4.69) is 17.4 Å². The average Bonchev–Trinajstić information content (AvgIpc) is 2.96. The van der Waals surface area contributed by atoms with E-state index in [1.165, 1.54) is 0 Å². The Balaban J connectivity index is 1.63. The first kappa shape index (κ1) is 20.1. The Morgan fingerprint density at radius 2 is 1.94 bits per heavy atom. The third kappa shape index (κ3) is 3.66. The van der Waals surface area contributed by atoms with Crippen LogP contribution in [0.25, 0.3) is 22.4 Å². The number of carbonyl (C=O) groups is 1. The van der Waals surface area contributed by atoms with E-state index >= 15 is 0 Å². The van der Waals surface area contributed by atoms with Crippen molar-refractivity contribution in [1.29, 1.82) is 0 Å². The summed E-state index contributed by atoms with van der Waals surface area (Å²) in [6, 6.07) is 15.5. The average molecular weight is 428 g/mol. The molecule has 0 saturated heterocycles. The summed E-state index contributed by atoms with van der Waals surface area (Å²) in [5.74, 6) is 1.95. The van der Waals surface area contributed by atoms with Gasteiger partial charge in [-0.25, -0.2) is 4.98 Å². The number of para-hydroxylation sites is 1. The number of rotatable bonds is 5. The van der Waals surface area contributed by atoms with Gasteiger partial charge in [-0.1, -0.05) is 42.5 Å². The second kappa shape index (κ2) is 8.34. The van der Waals surface area contributed by atoms with Gasteiger partial charge in [0, 0.05) is 11.9 Å². The van der Waals surface area contributed by atoms with Crippen LogP contribution in [0.15, 0.2) is 52.9 Å². The molecule has 1 amide bonds. The number of aryl methyl sites for hydroxylation is 1. The number of anilines is 1. The predicted molar refractivity (Wildman–Crippen MR) is 123 cm³/mol. The van der Waals surface area contributed by atoms with Crippen molar-refractivity contribution in [2.24, 2.45) is 5.73 Å². The van der Waals surface area contributed by atoms with Crippen molar-refractivity contribution in [1.82, 2.24) is 9.97 Å². The van der Waals surface area contributed by atoms with Gasteiger partial charge in [-0.3, -0.25) is 4.79 Å². The molecule has 32 heavy (non-hydrogen) atoms. The molecular weight excluding hydrogens is 404 g/mol. The number of amides is 1. The number of fused-ring (bicyclic) bond motifs is 2. The fraction of sp³-hybridized carbons (Fsp3) is 0.240. The molecule has 0 atom stereocenters. The highest BCUT2D eigenvalue weighted by Crippen LogP contribution is 2.37. The van der Waals surface area contributed by atoms with Crippen LogP contribution in [0, 0.1) is 6.92 Å². The monoisotopic (exact) mass is 428 g/mol. The molecule has 162 valence electrons. The zero-order valence-corrected chi connectivity index (χ0v) is 17.9. The fourth-order valence-electron chi connectivity index (χ4n) is 4.13. The standard InChI is InChI=1S/C25H24N4O3/c1-15-20(17-11-7-12-18(22(26)30)21(17)32-15)24-28-23(27-14-16-8-3-2-4-9-16)19-10-5-6-13-31-25(19)29-24/h2-4,7-9,11-12H,5-6,10,13-14H2,1H3,(H2,26,30)(H,27,28,29). The lowest BCUT2D eigenvalue weighted by atomic mass is 10.1. The second-order valence-corrected chi connectivity index (χ2v) is 7.90. The number of nitrogens with zero attached hydrogens (tertiary/aromatic N) is 2. The smallest absolute Gasteiger partial charge is 0.252 e. The molecule has 2 aromatic heterocycles. The predicted octanol–water partition coefficient (Wildman–Crippen LogP) is 4.62. The highest BCUT2D eigenvalue weighted by atomic mass is 16.5. The Morgan fingerprint density at radius 1 is 1.09 bits per heavy atom. The molecule has 0 bridgehead atoms. The number of hydrogen-bond acceptors (Lipinski definition) is 6. The molecule has 5 rings (SSSR count). The molecule has 3 heterocycles. The molecule has 7 heteroatoms. The van der Waals surface area contributed by atoms with Crippen LogP contribution in [0.1, 0.15) is 40.1 Å². The van der Waals surface area contributed by atoms with Crippen molar-refractivity contribution < 1.29 is 13.9 Å². The van der Waals surface area contributed by atoms with E-state index in [9.17, 15) is 4.79 Å². The first-order valence-corrected chi connectivity index (χ1v) is 10.8. The van der Waals surface area contributed by atoms with Gasteiger partial charge >= 0.3 is 0 Å². The van der Waals surface area contributed by atoms with Gasteiger partial charge < -0.3 is 20.2 Å². The molecule has 1 aliphatic rings. The largest absolute Gasteiger partial charge is 0.477 e. The maximum absolute atomic E-state index is 11.9. The fourth-order valence-corrected chi connectivity index (χ4v) is 4.13. The lowest BCUT2D eigenvalue weighted by molar-refractivity contribution is 0.100. The Hall–Kier alpha value is -3.87. The lowest BCUT2D eigenvalue weighted by Gasteiger charge is -2.15. The molecule has 7 nitrogen and oxygen atoms in total. The number of nitrogens with one attached hydrogen (secondary N) is 1. The van der Waals surface area contributed by atoms with Crippen LogP contribution in [0.2, 0.25) is 0 Å². The lowest BCUT2D eigenvalue weighted by Crippen LogP contribution is -2.10. The summed E-state index contributed by atoms with van der Waals surface area (Å²) < 4.78 is 11.9. The van der Waals surface area contributed by atoms with E-state index in [4.69, 9.17) is 24.9 Å². The van der Waals surface area contributed by atoms with Crippen LogP contribution >= 0.6 is 0 Å². The number of ether oxygens (including phenoxy) is 1. The SMILES string of the molecule is Cc1oc2c(C(N)=O)cccc2c1-c1nc(NCc2ccccc2)c2c(n1)OCCCC2. The van der Waals surface area contributed by atoms with Gasteiger partial charge in [0.2, 0.25) is 5.88 Å². The number of furan rings is 1. The van der Waals surface area contributed by atoms with Crippen LogP contribution < -0.4 is 15.8 Å². The zero-order chi connectivity index (χ0) is 22.1. The third-order valence-corrected chi connectivity index (χ3v) is 5.71. The minimum absolute atomic E-state index is 0.338. The van der Waals surface area contributed by atoms with Gasteiger partial charge in [-0.15, -0.1) is 0 Å². The highest BCUT2D eigenvalue weighted by Gasteiger charge is 2.24. The summed E-state index contributed by atoms with van der Waals surface area (Å²) in [5.41, 5.74) is 9.22. The molecule has 1 aliphatic heterocycles. The summed E-state index contributed by atoms with van der Waals surface area (Å²) in [6.07, 6.45) is 2.84. The van der Waals surface area contributed by atoms with Crippen molar-refractivity contribution in [3.05, 3.63) is 71.0 Å². The molecule has 0 unspecified atom stereocenters. The normalized spacial score (nSPS) is 13.3. The van der Waals surface area contributed by atoms with Crippen LogP contribution in [0.5, 0.6) is 5.88 Å². The van der Waals surface area contributed by atoms with Gasteiger partial charge in [-0.05, 0) is 37.8 Å². The maximum Gasteiger partial charge on any atom is 0.252 e. The Bertz CT molecular complexity index is 1300. The first-order valence-electron chi connectivity index (χ1n) is 10.8. The van der Waals surface area contributed by atoms with Crippen LogP contribution in [0.4, 0.5) is 5.82 Å². The third-order valence-electron chi connectivity index (χ3n) is 5.71. The van der Waals surface area contributed by atoms with E-state index in [1.807, 2.05) is 31.2 Å². The van der Waals surface area contributed by atoms with Gasteiger partial charge in [0.25, 0.3) is 5.91 Å². The number of benzene rings is 2. The molecule has 2 aromatic carbocycles. The number of nitrogens with two attached hydrogens (primary N) is 1. The van der Waals surface area contributed by atoms with Gasteiger partial charge in [-0.2, -0.15) is 4.98 Å². The Kier molecular flexibility index (Phi) is 5.23. The minimum Gasteiger partial charge on any atom is -0.477 e. The number of aromatic nitrogens is 2. The zero-order valence-electron chi connectivity index (χ0n) is 17.9.